The predicted octanol–water partition coefficient (Wildman–Crippen LogP) is 0.514. The van der Waals surface area contributed by atoms with Crippen LogP contribution in [0.3, 0.4) is 0 Å². The minimum absolute atomic E-state index is 0.0404. The Bertz CT molecular complexity index is 730. The average Bonchev–Trinajstić information content (AvgIpc) is 3.35. The number of fused-ring (bicyclic) bond motifs is 2. The van der Waals surface area contributed by atoms with Gasteiger partial charge in [-0.2, -0.15) is 0 Å². The lowest BCUT2D eigenvalue weighted by Gasteiger charge is -2.11. The lowest BCUT2D eigenvalue weighted by Crippen LogP contribution is -2.29. The molecule has 0 radical (unpaired) electrons. The summed E-state index contributed by atoms with van der Waals surface area (Å²) >= 11 is 0. The van der Waals surface area contributed by atoms with Gasteiger partial charge in [0.05, 0.1) is 11.4 Å². The smallest absolute Gasteiger partial charge is 0.154 e. The Morgan fingerprint density at radius 3 is 1.52 bits per heavy atom. The van der Waals surface area contributed by atoms with E-state index >= 15 is 0 Å². The lowest BCUT2D eigenvalue weighted by molar-refractivity contribution is 0.582. The molecule has 0 aromatic carbocycles. The molecule has 2 fully saturated rings. The van der Waals surface area contributed by atoms with E-state index in [0.717, 1.165) is 44.0 Å². The van der Waals surface area contributed by atoms with Gasteiger partial charge in [-0.25, -0.2) is 0 Å². The summed E-state index contributed by atoms with van der Waals surface area (Å²) in [4.78, 5) is 9.45. The third kappa shape index (κ3) is 2.98. The molecule has 2 aliphatic heterocycles. The summed E-state index contributed by atoms with van der Waals surface area (Å²) in [6.07, 6.45) is 14.1. The van der Waals surface area contributed by atoms with Crippen LogP contribution in [0.4, 0.5) is 0 Å². The summed E-state index contributed by atoms with van der Waals surface area (Å²) in [7, 11) is 0. The van der Waals surface area contributed by atoms with Crippen LogP contribution in [-0.2, 0) is 0 Å². The quantitative estimate of drug-likeness (QED) is 0.594. The molecule has 0 spiro atoms. The van der Waals surface area contributed by atoms with Gasteiger partial charge in [-0.1, -0.05) is 12.2 Å². The van der Waals surface area contributed by atoms with Gasteiger partial charge in [-0.15, -0.1) is 0 Å². The standard InChI is InChI=1S/C19H22N6/c1-3-16-12(10-14(1)24-18-20-5-6-21-18)9-13-11-15(2-4-17(13)16)25-19-22-7-8-23-19/h1-4,10-11,18-23H,5-9H2/b24-14-,25-15+. The summed E-state index contributed by atoms with van der Waals surface area (Å²) < 4.78 is 0. The molecule has 0 aromatic heterocycles. The normalized spacial score (nSPS) is 29.6. The van der Waals surface area contributed by atoms with Gasteiger partial charge in [0, 0.05) is 26.2 Å². The zero-order chi connectivity index (χ0) is 16.6. The molecule has 6 nitrogen and oxygen atoms in total. The van der Waals surface area contributed by atoms with Crippen molar-refractivity contribution >= 4 is 11.4 Å². The number of hydrogen-bond acceptors (Lipinski definition) is 6. The first kappa shape index (κ1) is 15.2. The molecule has 0 bridgehead atoms. The number of hydrogen-bond donors (Lipinski definition) is 4. The van der Waals surface area contributed by atoms with Crippen molar-refractivity contribution < 1.29 is 0 Å². The molecule has 2 saturated heterocycles. The maximum Gasteiger partial charge on any atom is 0.154 e. The Hall–Kier alpha value is -2.12. The summed E-state index contributed by atoms with van der Waals surface area (Å²) in [5.74, 6) is 0. The minimum Gasteiger partial charge on any atom is -0.282 e. The van der Waals surface area contributed by atoms with Crippen LogP contribution in [0, 0.1) is 0 Å². The van der Waals surface area contributed by atoms with Gasteiger partial charge in [0.2, 0.25) is 0 Å². The van der Waals surface area contributed by atoms with Crippen molar-refractivity contribution in [2.45, 2.75) is 19.0 Å². The molecule has 0 amide bonds. The van der Waals surface area contributed by atoms with Crippen LogP contribution >= 0.6 is 0 Å². The van der Waals surface area contributed by atoms with Crippen LogP contribution < -0.4 is 21.3 Å². The summed E-state index contributed by atoms with van der Waals surface area (Å²) in [6.45, 7) is 3.89. The van der Waals surface area contributed by atoms with Gasteiger partial charge in [0.15, 0.2) is 12.6 Å². The van der Waals surface area contributed by atoms with Crippen LogP contribution in [0.25, 0.3) is 0 Å². The third-order valence-electron chi connectivity index (χ3n) is 5.01. The van der Waals surface area contributed by atoms with Crippen molar-refractivity contribution in [3.8, 4) is 0 Å². The maximum atomic E-state index is 4.73. The van der Waals surface area contributed by atoms with Crippen LogP contribution in [0.15, 0.2) is 68.7 Å². The highest BCUT2D eigenvalue weighted by Crippen LogP contribution is 2.40. The molecular weight excluding hydrogens is 312 g/mol. The van der Waals surface area contributed by atoms with Crippen molar-refractivity contribution in [3.63, 3.8) is 0 Å². The maximum absolute atomic E-state index is 4.73. The number of nitrogens with zero attached hydrogens (tertiary/aromatic N) is 2. The molecule has 3 aliphatic carbocycles. The second kappa shape index (κ2) is 6.31. The molecule has 128 valence electrons. The molecule has 6 heteroatoms. The number of nitrogens with one attached hydrogen (secondary N) is 4. The van der Waals surface area contributed by atoms with E-state index in [1.165, 1.54) is 22.3 Å². The van der Waals surface area contributed by atoms with Crippen molar-refractivity contribution in [2.24, 2.45) is 9.98 Å². The second-order valence-electron chi connectivity index (χ2n) is 6.74. The Morgan fingerprint density at radius 2 is 1.08 bits per heavy atom. The zero-order valence-corrected chi connectivity index (χ0v) is 14.0. The number of aliphatic imine (C=N–C) groups is 2. The molecule has 0 aromatic rings. The summed E-state index contributed by atoms with van der Waals surface area (Å²) in [5.41, 5.74) is 7.41. The lowest BCUT2D eigenvalue weighted by atomic mass is 9.98. The van der Waals surface area contributed by atoms with E-state index in [4.69, 9.17) is 9.98 Å². The summed E-state index contributed by atoms with van der Waals surface area (Å²) in [6, 6.07) is 0. The van der Waals surface area contributed by atoms with Gasteiger partial charge in [0.1, 0.15) is 0 Å². The van der Waals surface area contributed by atoms with Crippen LogP contribution in [0.2, 0.25) is 0 Å². The van der Waals surface area contributed by atoms with E-state index < -0.39 is 0 Å². The number of allylic oxidation sites excluding steroid dienone is 10. The Kier molecular flexibility index (Phi) is 3.83. The predicted molar refractivity (Wildman–Crippen MR) is 101 cm³/mol. The molecule has 2 heterocycles. The van der Waals surface area contributed by atoms with E-state index in [-0.39, 0.29) is 12.6 Å². The molecule has 25 heavy (non-hydrogen) atoms. The first-order valence-electron chi connectivity index (χ1n) is 8.97. The van der Waals surface area contributed by atoms with E-state index in [1.54, 1.807) is 0 Å². The molecule has 0 atom stereocenters. The second-order valence-corrected chi connectivity index (χ2v) is 6.74. The highest BCUT2D eigenvalue weighted by Gasteiger charge is 2.26. The van der Waals surface area contributed by atoms with Gasteiger partial charge in [-0.3, -0.25) is 31.3 Å². The van der Waals surface area contributed by atoms with Gasteiger partial charge in [0.25, 0.3) is 0 Å². The van der Waals surface area contributed by atoms with Gasteiger partial charge >= 0.3 is 0 Å². The van der Waals surface area contributed by atoms with E-state index in [0.29, 0.717) is 0 Å². The van der Waals surface area contributed by atoms with Crippen LogP contribution in [0.1, 0.15) is 6.42 Å². The van der Waals surface area contributed by atoms with E-state index in [9.17, 15) is 0 Å². The Balaban J connectivity index is 1.40. The highest BCUT2D eigenvalue weighted by atomic mass is 15.3. The van der Waals surface area contributed by atoms with Crippen LogP contribution in [-0.4, -0.2) is 50.2 Å². The molecule has 5 rings (SSSR count). The van der Waals surface area contributed by atoms with Gasteiger partial charge in [-0.05, 0) is 53.0 Å². The monoisotopic (exact) mass is 334 g/mol. The SMILES string of the molecule is C1=C/C(=N/C2NCCN2)C=C2CC3=C/C(=N/C4NCCN4)C=CC3=C12. The first-order valence-corrected chi connectivity index (χ1v) is 8.97. The third-order valence-corrected chi connectivity index (χ3v) is 5.01. The fraction of sp³-hybridized carbons (Fsp3) is 0.368. The van der Waals surface area contributed by atoms with Crippen molar-refractivity contribution in [1.29, 1.82) is 0 Å². The van der Waals surface area contributed by atoms with Crippen molar-refractivity contribution in [1.82, 2.24) is 21.3 Å². The summed E-state index contributed by atoms with van der Waals surface area (Å²) in [5, 5.41) is 13.3. The first-order chi connectivity index (χ1) is 12.3. The molecule has 0 saturated carbocycles. The van der Waals surface area contributed by atoms with Crippen molar-refractivity contribution in [2.75, 3.05) is 26.2 Å². The molecule has 0 unspecified atom stereocenters. The average molecular weight is 334 g/mol. The molecule has 4 N–H and O–H groups in total. The minimum atomic E-state index is 0.0404. The molecule has 5 aliphatic rings. The van der Waals surface area contributed by atoms with E-state index in [2.05, 4.69) is 57.7 Å². The zero-order valence-electron chi connectivity index (χ0n) is 14.0. The van der Waals surface area contributed by atoms with E-state index in [1.807, 2.05) is 0 Å². The Labute approximate surface area is 147 Å². The molecular formula is C19H22N6. The highest BCUT2D eigenvalue weighted by molar-refractivity contribution is 6.10. The van der Waals surface area contributed by atoms with Crippen LogP contribution in [0.5, 0.6) is 0 Å². The Morgan fingerprint density at radius 1 is 0.640 bits per heavy atom. The number of rotatable bonds is 2. The fourth-order valence-corrected chi connectivity index (χ4v) is 3.80. The topological polar surface area (TPSA) is 72.8 Å². The van der Waals surface area contributed by atoms with Crippen molar-refractivity contribution in [3.05, 3.63) is 58.7 Å². The van der Waals surface area contributed by atoms with Gasteiger partial charge < -0.3 is 0 Å². The largest absolute Gasteiger partial charge is 0.282 e. The fourth-order valence-electron chi connectivity index (χ4n) is 3.80.